The largest absolute Gasteiger partial charge is 0.450 e. The number of rotatable bonds is 1. The summed E-state index contributed by atoms with van der Waals surface area (Å²) in [5.74, 6) is 0.868. The van der Waals surface area contributed by atoms with Gasteiger partial charge < -0.3 is 4.42 Å². The molecular formula is C14H19ClOS. The highest BCUT2D eigenvalue weighted by Gasteiger charge is 2.20. The van der Waals surface area contributed by atoms with E-state index in [9.17, 15) is 0 Å². The maximum Gasteiger partial charge on any atom is 0.150 e. The Balaban J connectivity index is 2.47. The smallest absolute Gasteiger partial charge is 0.150 e. The van der Waals surface area contributed by atoms with Crippen LogP contribution in [0.15, 0.2) is 33.3 Å². The molecule has 0 saturated carbocycles. The van der Waals surface area contributed by atoms with E-state index in [0.717, 1.165) is 23.7 Å². The standard InChI is InChI=1S/C14H19ClOS/c1-10-5-7-11-9-13(17(2,3)4)16-14(11)12(15)8-6-10/h6,8-9H,5,7H2,1-4H3/b10-6+,12-8+. The number of fused-ring (bicyclic) bond motifs is 1. The molecule has 0 amide bonds. The van der Waals surface area contributed by atoms with Crippen LogP contribution in [-0.2, 0) is 6.42 Å². The summed E-state index contributed by atoms with van der Waals surface area (Å²) in [4.78, 5) is 0. The molecule has 0 N–H and O–H groups in total. The van der Waals surface area contributed by atoms with E-state index in [-0.39, 0.29) is 0 Å². The number of allylic oxidation sites excluding steroid dienone is 3. The highest BCUT2D eigenvalue weighted by molar-refractivity contribution is 8.32. The van der Waals surface area contributed by atoms with Crippen LogP contribution in [0, 0.1) is 0 Å². The van der Waals surface area contributed by atoms with Crippen molar-refractivity contribution in [1.29, 1.82) is 0 Å². The first kappa shape index (κ1) is 12.8. The Bertz CT molecular complexity index is 489. The quantitative estimate of drug-likeness (QED) is 0.714. The third-order valence-electron chi connectivity index (χ3n) is 2.91. The number of hydrogen-bond acceptors (Lipinski definition) is 1. The predicted octanol–water partition coefficient (Wildman–Crippen LogP) is 4.80. The van der Waals surface area contributed by atoms with E-state index < -0.39 is 10.0 Å². The fourth-order valence-electron chi connectivity index (χ4n) is 1.80. The molecule has 0 saturated heterocycles. The van der Waals surface area contributed by atoms with Crippen LogP contribution >= 0.6 is 21.6 Å². The minimum atomic E-state index is -0.827. The normalized spacial score (nSPS) is 23.8. The van der Waals surface area contributed by atoms with Gasteiger partial charge in [0.05, 0.1) is 5.03 Å². The van der Waals surface area contributed by atoms with E-state index in [4.69, 9.17) is 16.0 Å². The zero-order chi connectivity index (χ0) is 12.6. The molecule has 1 aliphatic rings. The highest BCUT2D eigenvalue weighted by Crippen LogP contribution is 2.48. The van der Waals surface area contributed by atoms with Gasteiger partial charge in [-0.3, -0.25) is 0 Å². The Hall–Kier alpha value is -0.600. The first-order chi connectivity index (χ1) is 7.88. The van der Waals surface area contributed by atoms with Crippen molar-refractivity contribution >= 4 is 26.7 Å². The minimum Gasteiger partial charge on any atom is -0.450 e. The van der Waals surface area contributed by atoms with Gasteiger partial charge in [0.15, 0.2) is 0 Å². The van der Waals surface area contributed by atoms with Gasteiger partial charge in [-0.05, 0) is 50.7 Å². The summed E-state index contributed by atoms with van der Waals surface area (Å²) in [6.45, 7) is 2.14. The van der Waals surface area contributed by atoms with Crippen LogP contribution < -0.4 is 0 Å². The molecule has 0 aromatic carbocycles. The predicted molar refractivity (Wildman–Crippen MR) is 78.2 cm³/mol. The monoisotopic (exact) mass is 270 g/mol. The molecule has 1 heterocycles. The molecule has 1 nitrogen and oxygen atoms in total. The van der Waals surface area contributed by atoms with Gasteiger partial charge in [0.1, 0.15) is 10.9 Å². The third kappa shape index (κ3) is 2.80. The van der Waals surface area contributed by atoms with Crippen LogP contribution in [-0.4, -0.2) is 18.8 Å². The highest BCUT2D eigenvalue weighted by atomic mass is 35.5. The molecule has 94 valence electrons. The zero-order valence-electron chi connectivity index (χ0n) is 10.8. The van der Waals surface area contributed by atoms with Gasteiger partial charge in [0.25, 0.3) is 0 Å². The van der Waals surface area contributed by atoms with Crippen molar-refractivity contribution < 1.29 is 4.42 Å². The van der Waals surface area contributed by atoms with Crippen LogP contribution in [0.1, 0.15) is 24.7 Å². The van der Waals surface area contributed by atoms with E-state index in [0.29, 0.717) is 5.03 Å². The van der Waals surface area contributed by atoms with Gasteiger partial charge in [-0.15, -0.1) is 0 Å². The van der Waals surface area contributed by atoms with Crippen molar-refractivity contribution in [2.45, 2.75) is 24.9 Å². The molecule has 0 aliphatic heterocycles. The third-order valence-corrected chi connectivity index (χ3v) is 4.62. The summed E-state index contributed by atoms with van der Waals surface area (Å²) in [7, 11) is -0.827. The summed E-state index contributed by atoms with van der Waals surface area (Å²) in [6.07, 6.45) is 12.8. The second kappa shape index (κ2) is 4.58. The Morgan fingerprint density at radius 2 is 1.88 bits per heavy atom. The summed E-state index contributed by atoms with van der Waals surface area (Å²) >= 11 is 6.28. The molecule has 0 unspecified atom stereocenters. The molecule has 0 bridgehead atoms. The van der Waals surface area contributed by atoms with Crippen molar-refractivity contribution in [3.05, 3.63) is 35.1 Å². The molecule has 1 aliphatic carbocycles. The van der Waals surface area contributed by atoms with Gasteiger partial charge >= 0.3 is 0 Å². The molecule has 1 aromatic rings. The molecule has 0 atom stereocenters. The average molecular weight is 271 g/mol. The first-order valence-corrected chi connectivity index (χ1v) is 8.96. The van der Waals surface area contributed by atoms with E-state index in [1.54, 1.807) is 0 Å². The summed E-state index contributed by atoms with van der Waals surface area (Å²) in [5.41, 5.74) is 2.61. The van der Waals surface area contributed by atoms with Crippen molar-refractivity contribution in [3.63, 3.8) is 0 Å². The number of furan rings is 1. The van der Waals surface area contributed by atoms with E-state index in [2.05, 4.69) is 37.8 Å². The van der Waals surface area contributed by atoms with Crippen molar-refractivity contribution in [2.24, 2.45) is 0 Å². The molecule has 2 rings (SSSR count). The lowest BCUT2D eigenvalue weighted by atomic mass is 10.0. The fourth-order valence-corrected chi connectivity index (χ4v) is 2.85. The van der Waals surface area contributed by atoms with E-state index in [1.807, 2.05) is 6.08 Å². The number of hydrogen-bond donors (Lipinski definition) is 0. The van der Waals surface area contributed by atoms with Crippen LogP contribution in [0.3, 0.4) is 0 Å². The summed E-state index contributed by atoms with van der Waals surface area (Å²) in [6, 6.07) is 2.19. The van der Waals surface area contributed by atoms with Crippen LogP contribution in [0.5, 0.6) is 0 Å². The van der Waals surface area contributed by atoms with Crippen molar-refractivity contribution in [1.82, 2.24) is 0 Å². The SMILES string of the molecule is C/C1=C\C=C(\Cl)c2oc(S(C)(C)C)cc2CC1. The lowest BCUT2D eigenvalue weighted by Gasteiger charge is -2.21. The summed E-state index contributed by atoms with van der Waals surface area (Å²) in [5, 5.41) is 1.81. The van der Waals surface area contributed by atoms with Gasteiger partial charge in [0, 0.05) is 5.56 Å². The maximum absolute atomic E-state index is 6.28. The Morgan fingerprint density at radius 3 is 2.53 bits per heavy atom. The van der Waals surface area contributed by atoms with Gasteiger partial charge in [-0.1, -0.05) is 23.3 Å². The molecule has 0 fully saturated rings. The van der Waals surface area contributed by atoms with Gasteiger partial charge in [-0.25, -0.2) is 0 Å². The van der Waals surface area contributed by atoms with Gasteiger partial charge in [0.2, 0.25) is 0 Å². The van der Waals surface area contributed by atoms with Crippen LogP contribution in [0.4, 0.5) is 0 Å². The van der Waals surface area contributed by atoms with Crippen LogP contribution in [0.2, 0.25) is 0 Å². The second-order valence-electron chi connectivity index (χ2n) is 5.28. The Labute approximate surface area is 110 Å². The van der Waals surface area contributed by atoms with E-state index in [1.165, 1.54) is 11.1 Å². The Morgan fingerprint density at radius 1 is 1.18 bits per heavy atom. The zero-order valence-corrected chi connectivity index (χ0v) is 12.4. The maximum atomic E-state index is 6.28. The molecule has 0 radical (unpaired) electrons. The Kier molecular flexibility index (Phi) is 3.46. The molecular weight excluding hydrogens is 252 g/mol. The molecule has 1 aromatic heterocycles. The molecule has 17 heavy (non-hydrogen) atoms. The minimum absolute atomic E-state index is 0.717. The molecule has 0 spiro atoms. The lowest BCUT2D eigenvalue weighted by molar-refractivity contribution is 0.460. The number of aryl methyl sites for hydroxylation is 1. The van der Waals surface area contributed by atoms with E-state index >= 15 is 0 Å². The fraction of sp³-hybridized carbons (Fsp3) is 0.429. The lowest BCUT2D eigenvalue weighted by Crippen LogP contribution is -1.91. The number of halogens is 1. The first-order valence-electron chi connectivity index (χ1n) is 5.72. The van der Waals surface area contributed by atoms with Gasteiger partial charge in [-0.2, -0.15) is 10.0 Å². The topological polar surface area (TPSA) is 13.1 Å². The average Bonchev–Trinajstić information content (AvgIpc) is 2.64. The van der Waals surface area contributed by atoms with Crippen LogP contribution in [0.25, 0.3) is 5.03 Å². The van der Waals surface area contributed by atoms with Crippen molar-refractivity contribution in [3.8, 4) is 0 Å². The second-order valence-corrected chi connectivity index (χ2v) is 9.77. The molecule has 3 heteroatoms. The van der Waals surface area contributed by atoms with Crippen molar-refractivity contribution in [2.75, 3.05) is 18.8 Å². The summed E-state index contributed by atoms with van der Waals surface area (Å²) < 4.78 is 5.96.